The molecule has 0 saturated heterocycles. The van der Waals surface area contributed by atoms with Gasteiger partial charge in [0.2, 0.25) is 0 Å². The van der Waals surface area contributed by atoms with Crippen LogP contribution < -0.4 is 10.5 Å². The molecule has 0 amide bonds. The molecule has 0 aliphatic carbocycles. The fourth-order valence-electron chi connectivity index (χ4n) is 1.36. The Labute approximate surface area is 97.8 Å². The Hall–Kier alpha value is -1.46. The predicted octanol–water partition coefficient (Wildman–Crippen LogP) is 1.42. The maximum Gasteiger partial charge on any atom is 0.161 e. The van der Waals surface area contributed by atoms with Crippen molar-refractivity contribution in [3.05, 3.63) is 35.5 Å². The number of hydrogen-bond acceptors (Lipinski definition) is 5. The molecule has 0 saturated carbocycles. The van der Waals surface area contributed by atoms with Gasteiger partial charge in [0.05, 0.1) is 12.8 Å². The zero-order valence-corrected chi connectivity index (χ0v) is 9.57. The summed E-state index contributed by atoms with van der Waals surface area (Å²) in [5.41, 5.74) is 6.37. The highest BCUT2D eigenvalue weighted by atomic mass is 32.2. The Bertz CT molecular complexity index is 440. The van der Waals surface area contributed by atoms with Crippen molar-refractivity contribution in [3.63, 3.8) is 0 Å². The number of ether oxygens (including phenoxy) is 1. The van der Waals surface area contributed by atoms with Crippen LogP contribution in [-0.2, 0) is 0 Å². The number of rotatable bonds is 2. The molecule has 0 bridgehead atoms. The average molecular weight is 236 g/mol. The van der Waals surface area contributed by atoms with Crippen molar-refractivity contribution in [1.29, 1.82) is 0 Å². The molecule has 1 aliphatic rings. The van der Waals surface area contributed by atoms with E-state index in [0.29, 0.717) is 10.9 Å². The molecule has 1 heterocycles. The van der Waals surface area contributed by atoms with E-state index in [1.165, 1.54) is 0 Å². The van der Waals surface area contributed by atoms with E-state index in [-0.39, 0.29) is 0 Å². The van der Waals surface area contributed by atoms with Gasteiger partial charge in [0.25, 0.3) is 0 Å². The first kappa shape index (κ1) is 11.0. The average Bonchev–Trinajstić information content (AvgIpc) is 2.59. The van der Waals surface area contributed by atoms with Crippen molar-refractivity contribution in [1.82, 2.24) is 0 Å². The van der Waals surface area contributed by atoms with Gasteiger partial charge >= 0.3 is 0 Å². The second-order valence-corrected chi connectivity index (χ2v) is 4.36. The molecular formula is C11H12N2O2S. The van der Waals surface area contributed by atoms with Crippen molar-refractivity contribution < 1.29 is 9.84 Å². The lowest BCUT2D eigenvalue weighted by Crippen LogP contribution is -2.04. The summed E-state index contributed by atoms with van der Waals surface area (Å²) in [6, 6.07) is 7.50. The van der Waals surface area contributed by atoms with Crippen LogP contribution in [0.4, 0.5) is 0 Å². The molecule has 1 atom stereocenters. The number of hydrogen-bond donors (Lipinski definition) is 2. The van der Waals surface area contributed by atoms with E-state index in [2.05, 4.69) is 4.99 Å². The molecule has 4 nitrogen and oxygen atoms in total. The second kappa shape index (κ2) is 4.59. The minimum atomic E-state index is -0.665. The van der Waals surface area contributed by atoms with Crippen molar-refractivity contribution in [3.8, 4) is 5.75 Å². The van der Waals surface area contributed by atoms with Crippen LogP contribution in [0.25, 0.3) is 6.08 Å². The molecule has 2 rings (SSSR count). The first-order valence-electron chi connectivity index (χ1n) is 4.73. The van der Waals surface area contributed by atoms with Crippen LogP contribution in [0.2, 0.25) is 0 Å². The fourth-order valence-corrected chi connectivity index (χ4v) is 1.99. The molecule has 1 aliphatic heterocycles. The molecule has 1 unspecified atom stereocenters. The summed E-state index contributed by atoms with van der Waals surface area (Å²) in [6.45, 7) is 0. The lowest BCUT2D eigenvalue weighted by atomic mass is 10.2. The minimum Gasteiger partial charge on any atom is -0.497 e. The number of thioether (sulfide) groups is 1. The molecule has 84 valence electrons. The summed E-state index contributed by atoms with van der Waals surface area (Å²) in [5, 5.41) is 9.99. The minimum absolute atomic E-state index is 0.396. The molecule has 0 spiro atoms. The van der Waals surface area contributed by atoms with E-state index in [4.69, 9.17) is 10.5 Å². The summed E-state index contributed by atoms with van der Waals surface area (Å²) in [4.78, 5) is 4.04. The van der Waals surface area contributed by atoms with E-state index in [1.54, 1.807) is 13.2 Å². The highest BCUT2D eigenvalue weighted by Crippen LogP contribution is 2.27. The van der Waals surface area contributed by atoms with Crippen LogP contribution in [0.5, 0.6) is 5.75 Å². The van der Waals surface area contributed by atoms with Gasteiger partial charge in [-0.1, -0.05) is 23.9 Å². The normalized spacial score (nSPS) is 22.2. The van der Waals surface area contributed by atoms with Crippen molar-refractivity contribution >= 4 is 23.0 Å². The summed E-state index contributed by atoms with van der Waals surface area (Å²) >= 11 is 1.15. The van der Waals surface area contributed by atoms with Gasteiger partial charge in [0.1, 0.15) is 11.2 Å². The van der Waals surface area contributed by atoms with E-state index in [1.807, 2.05) is 24.3 Å². The number of nitrogens with zero attached hydrogens (tertiary/aromatic N) is 1. The van der Waals surface area contributed by atoms with Gasteiger partial charge in [-0.05, 0) is 23.8 Å². The number of nitrogens with two attached hydrogens (primary N) is 1. The summed E-state index contributed by atoms with van der Waals surface area (Å²) in [6.07, 6.45) is 1.80. The van der Waals surface area contributed by atoms with Crippen LogP contribution in [-0.4, -0.2) is 22.8 Å². The van der Waals surface area contributed by atoms with E-state index in [0.717, 1.165) is 23.1 Å². The lowest BCUT2D eigenvalue weighted by Gasteiger charge is -2.02. The third-order valence-corrected chi connectivity index (χ3v) is 2.95. The molecule has 3 N–H and O–H groups in total. The Balaban J connectivity index is 2.22. The van der Waals surface area contributed by atoms with E-state index in [9.17, 15) is 5.11 Å². The molecule has 16 heavy (non-hydrogen) atoms. The Kier molecular flexibility index (Phi) is 3.17. The van der Waals surface area contributed by atoms with E-state index >= 15 is 0 Å². The number of benzene rings is 1. The zero-order valence-electron chi connectivity index (χ0n) is 8.75. The number of aliphatic hydroxyl groups is 1. The second-order valence-electron chi connectivity index (χ2n) is 3.26. The summed E-state index contributed by atoms with van der Waals surface area (Å²) < 4.78 is 5.06. The van der Waals surface area contributed by atoms with E-state index < -0.39 is 5.44 Å². The smallest absolute Gasteiger partial charge is 0.161 e. The van der Waals surface area contributed by atoms with Crippen LogP contribution >= 0.6 is 11.8 Å². The van der Waals surface area contributed by atoms with Crippen molar-refractivity contribution in [2.45, 2.75) is 5.44 Å². The van der Waals surface area contributed by atoms with Crippen LogP contribution in [0, 0.1) is 0 Å². The first-order chi connectivity index (χ1) is 7.69. The molecule has 0 fully saturated rings. The predicted molar refractivity (Wildman–Crippen MR) is 66.2 cm³/mol. The van der Waals surface area contributed by atoms with Crippen molar-refractivity contribution in [2.24, 2.45) is 10.7 Å². The largest absolute Gasteiger partial charge is 0.497 e. The van der Waals surface area contributed by atoms with Gasteiger partial charge in [-0.3, -0.25) is 0 Å². The molecule has 0 radical (unpaired) electrons. The van der Waals surface area contributed by atoms with Gasteiger partial charge in [0, 0.05) is 0 Å². The monoisotopic (exact) mass is 236 g/mol. The van der Waals surface area contributed by atoms with Gasteiger partial charge in [-0.25, -0.2) is 4.99 Å². The highest BCUT2D eigenvalue weighted by molar-refractivity contribution is 8.14. The molecular weight excluding hydrogens is 224 g/mol. The Morgan fingerprint density at radius 1 is 1.44 bits per heavy atom. The SMILES string of the molecule is COc1ccc(/C=C2/N=C(N)SC2O)cc1. The number of methoxy groups -OCH3 is 1. The lowest BCUT2D eigenvalue weighted by molar-refractivity contribution is 0.301. The number of amidine groups is 1. The summed E-state index contributed by atoms with van der Waals surface area (Å²) in [7, 11) is 1.62. The van der Waals surface area contributed by atoms with Gasteiger partial charge < -0.3 is 15.6 Å². The highest BCUT2D eigenvalue weighted by Gasteiger charge is 2.20. The Morgan fingerprint density at radius 3 is 2.62 bits per heavy atom. The van der Waals surface area contributed by atoms with Gasteiger partial charge in [0.15, 0.2) is 5.17 Å². The Morgan fingerprint density at radius 2 is 2.12 bits per heavy atom. The fraction of sp³-hybridized carbons (Fsp3) is 0.182. The molecule has 1 aromatic rings. The summed E-state index contributed by atoms with van der Waals surface area (Å²) in [5.74, 6) is 0.798. The number of aliphatic hydroxyl groups excluding tert-OH is 1. The topological polar surface area (TPSA) is 67.8 Å². The van der Waals surface area contributed by atoms with Gasteiger partial charge in [-0.15, -0.1) is 0 Å². The number of aliphatic imine (C=N–C) groups is 1. The quantitative estimate of drug-likeness (QED) is 0.814. The third kappa shape index (κ3) is 2.37. The zero-order chi connectivity index (χ0) is 11.5. The van der Waals surface area contributed by atoms with Crippen molar-refractivity contribution in [2.75, 3.05) is 7.11 Å². The van der Waals surface area contributed by atoms with Gasteiger partial charge in [-0.2, -0.15) is 0 Å². The molecule has 1 aromatic carbocycles. The van der Waals surface area contributed by atoms with Crippen LogP contribution in [0.15, 0.2) is 35.0 Å². The van der Waals surface area contributed by atoms with Crippen LogP contribution in [0.3, 0.4) is 0 Å². The maximum atomic E-state index is 9.60. The molecule has 5 heteroatoms. The molecule has 0 aromatic heterocycles. The maximum absolute atomic E-state index is 9.60. The first-order valence-corrected chi connectivity index (χ1v) is 5.61. The third-order valence-electron chi connectivity index (χ3n) is 2.16. The standard InChI is InChI=1S/C11H12N2O2S/c1-15-8-4-2-7(3-5-8)6-9-10(14)16-11(12)13-9/h2-6,10,14H,1H3,(H2,12,13)/b9-6+. The van der Waals surface area contributed by atoms with Crippen LogP contribution in [0.1, 0.15) is 5.56 Å².